The summed E-state index contributed by atoms with van der Waals surface area (Å²) in [6.45, 7) is 1.12. The van der Waals surface area contributed by atoms with Gasteiger partial charge in [-0.15, -0.1) is 0 Å². The van der Waals surface area contributed by atoms with E-state index in [2.05, 4.69) is 10.3 Å². The van der Waals surface area contributed by atoms with Gasteiger partial charge in [-0.05, 0) is 47.5 Å². The van der Waals surface area contributed by atoms with Gasteiger partial charge < -0.3 is 14.6 Å². The highest BCUT2D eigenvalue weighted by atomic mass is 35.5. The van der Waals surface area contributed by atoms with Crippen molar-refractivity contribution in [3.63, 3.8) is 0 Å². The molecule has 3 aromatic carbocycles. The van der Waals surface area contributed by atoms with Gasteiger partial charge in [-0.1, -0.05) is 57.8 Å². The second kappa shape index (κ2) is 13.0. The Labute approximate surface area is 229 Å². The van der Waals surface area contributed by atoms with Crippen molar-refractivity contribution in [3.05, 3.63) is 104 Å². The number of carbonyl (C=O) groups excluding carboxylic acids is 1. The van der Waals surface area contributed by atoms with E-state index in [4.69, 9.17) is 32.9 Å². The Morgan fingerprint density at radius 1 is 0.816 bits per heavy atom. The average Bonchev–Trinajstić information content (AvgIpc) is 2.92. The highest BCUT2D eigenvalue weighted by Gasteiger charge is 2.34. The number of carbonyl (C=O) groups is 1. The van der Waals surface area contributed by atoms with Crippen molar-refractivity contribution in [2.75, 3.05) is 18.0 Å². The minimum atomic E-state index is -0.586. The molecule has 0 radical (unpaired) electrons. The molecule has 0 aromatic heterocycles. The average molecular weight is 555 g/mol. The number of hydrogen-bond donors (Lipinski definition) is 0. The number of benzene rings is 3. The number of anilines is 1. The molecule has 38 heavy (non-hydrogen) atoms. The van der Waals surface area contributed by atoms with Crippen LogP contribution in [0.2, 0.25) is 10.0 Å². The summed E-state index contributed by atoms with van der Waals surface area (Å²) in [6.07, 6.45) is 2.95. The van der Waals surface area contributed by atoms with Crippen LogP contribution < -0.4 is 4.90 Å². The van der Waals surface area contributed by atoms with Crippen molar-refractivity contribution in [3.8, 4) is 0 Å². The quantitative estimate of drug-likeness (QED) is 0.174. The standard InChI is InChI=1S/C27H24Cl2N4O5/c28-23-5-1-19(2-6-23)17-37-30-13-21-15-32(25-9-11-26(12-10-25)33(35)36)16-22(27(21)34)14-31-38-18-20-3-7-24(29)8-4-20/h1-14,21-22H,15-18H2/b30-13-,31-14+/t21-,22+/m0/s1. The molecule has 0 spiro atoms. The van der Waals surface area contributed by atoms with E-state index < -0.39 is 16.8 Å². The minimum absolute atomic E-state index is 0.00994. The monoisotopic (exact) mass is 554 g/mol. The van der Waals surface area contributed by atoms with E-state index >= 15 is 0 Å². The first-order valence-electron chi connectivity index (χ1n) is 11.7. The lowest BCUT2D eigenvalue weighted by Gasteiger charge is -2.35. The fraction of sp³-hybridized carbons (Fsp3) is 0.222. The molecule has 196 valence electrons. The van der Waals surface area contributed by atoms with Crippen LogP contribution >= 0.6 is 23.2 Å². The molecule has 0 aliphatic carbocycles. The first-order valence-corrected chi connectivity index (χ1v) is 12.5. The lowest BCUT2D eigenvalue weighted by atomic mass is 9.88. The smallest absolute Gasteiger partial charge is 0.269 e. The van der Waals surface area contributed by atoms with E-state index in [1.807, 2.05) is 29.2 Å². The number of non-ortho nitro benzene ring substituents is 1. The third-order valence-electron chi connectivity index (χ3n) is 5.91. The molecule has 0 bridgehead atoms. The highest BCUT2D eigenvalue weighted by Crippen LogP contribution is 2.25. The van der Waals surface area contributed by atoms with Crippen LogP contribution in [-0.4, -0.2) is 36.2 Å². The Morgan fingerprint density at radius 2 is 1.26 bits per heavy atom. The molecule has 3 aromatic rings. The summed E-state index contributed by atoms with van der Waals surface area (Å²) in [5.41, 5.74) is 2.50. The number of oxime groups is 2. The number of ketones is 1. The van der Waals surface area contributed by atoms with Crippen LogP contribution in [0.4, 0.5) is 11.4 Å². The number of rotatable bonds is 10. The molecule has 1 aliphatic rings. The normalized spacial score (nSPS) is 17.7. The molecule has 11 heteroatoms. The predicted octanol–water partition coefficient (Wildman–Crippen LogP) is 5.93. The molecule has 0 N–H and O–H groups in total. The third kappa shape index (κ3) is 7.53. The summed E-state index contributed by atoms with van der Waals surface area (Å²) in [7, 11) is 0. The lowest BCUT2D eigenvalue weighted by molar-refractivity contribution is -0.384. The molecular weight excluding hydrogens is 531 g/mol. The third-order valence-corrected chi connectivity index (χ3v) is 6.41. The maximum atomic E-state index is 13.2. The van der Waals surface area contributed by atoms with Gasteiger partial charge in [-0.2, -0.15) is 0 Å². The fourth-order valence-corrected chi connectivity index (χ4v) is 4.11. The summed E-state index contributed by atoms with van der Waals surface area (Å²) in [5, 5.41) is 20.3. The SMILES string of the molecule is O=C1[C@H](/C=N/OCc2ccc(Cl)cc2)CN(c2ccc([N+](=O)[O-])cc2)C[C@@H]1/C=N\OCc1ccc(Cl)cc1. The van der Waals surface area contributed by atoms with Gasteiger partial charge in [0, 0.05) is 41.0 Å². The first kappa shape index (κ1) is 27.1. The molecule has 9 nitrogen and oxygen atoms in total. The first-order chi connectivity index (χ1) is 18.4. The topological polar surface area (TPSA) is 107 Å². The van der Waals surface area contributed by atoms with Crippen molar-refractivity contribution >= 4 is 52.8 Å². The highest BCUT2D eigenvalue weighted by molar-refractivity contribution is 6.30. The van der Waals surface area contributed by atoms with E-state index in [1.54, 1.807) is 36.4 Å². The van der Waals surface area contributed by atoms with Crippen molar-refractivity contribution in [1.29, 1.82) is 0 Å². The van der Waals surface area contributed by atoms with Gasteiger partial charge in [-0.25, -0.2) is 0 Å². The van der Waals surface area contributed by atoms with Crippen molar-refractivity contribution < 1.29 is 19.4 Å². The summed E-state index contributed by atoms with van der Waals surface area (Å²) in [6, 6.07) is 20.5. The maximum Gasteiger partial charge on any atom is 0.269 e. The van der Waals surface area contributed by atoms with E-state index in [9.17, 15) is 14.9 Å². The number of halogens is 2. The number of nitro groups is 1. The predicted molar refractivity (Wildman–Crippen MR) is 147 cm³/mol. The van der Waals surface area contributed by atoms with Gasteiger partial charge in [0.25, 0.3) is 5.69 Å². The molecule has 1 heterocycles. The Hall–Kier alpha value is -3.95. The van der Waals surface area contributed by atoms with E-state index in [-0.39, 0.29) is 24.7 Å². The van der Waals surface area contributed by atoms with E-state index in [0.29, 0.717) is 23.1 Å². The zero-order valence-electron chi connectivity index (χ0n) is 20.2. The molecule has 1 fully saturated rings. The second-order valence-corrected chi connectivity index (χ2v) is 9.48. The van der Waals surface area contributed by atoms with Crippen LogP contribution in [0.15, 0.2) is 83.1 Å². The van der Waals surface area contributed by atoms with Crippen LogP contribution in [0, 0.1) is 22.0 Å². The van der Waals surface area contributed by atoms with E-state index in [0.717, 1.165) is 16.8 Å². The Morgan fingerprint density at radius 3 is 1.68 bits per heavy atom. The summed E-state index contributed by atoms with van der Waals surface area (Å²) < 4.78 is 0. The number of hydrogen-bond acceptors (Lipinski definition) is 8. The zero-order valence-corrected chi connectivity index (χ0v) is 21.7. The van der Waals surface area contributed by atoms with Gasteiger partial charge in [0.05, 0.1) is 29.2 Å². The van der Waals surface area contributed by atoms with Crippen LogP contribution in [-0.2, 0) is 27.7 Å². The number of nitrogens with zero attached hydrogens (tertiary/aromatic N) is 4. The molecule has 0 amide bonds. The van der Waals surface area contributed by atoms with Gasteiger partial charge in [0.2, 0.25) is 0 Å². The molecular formula is C27H24Cl2N4O5. The van der Waals surface area contributed by atoms with Crippen LogP contribution in [0.1, 0.15) is 11.1 Å². The van der Waals surface area contributed by atoms with Gasteiger partial charge in [0.15, 0.2) is 5.78 Å². The number of nitro benzene ring substituents is 1. The van der Waals surface area contributed by atoms with Crippen LogP contribution in [0.3, 0.4) is 0 Å². The summed E-state index contributed by atoms with van der Waals surface area (Å²) >= 11 is 11.8. The van der Waals surface area contributed by atoms with Crippen molar-refractivity contribution in [1.82, 2.24) is 0 Å². The minimum Gasteiger partial charge on any atom is -0.391 e. The fourth-order valence-electron chi connectivity index (χ4n) is 3.86. The van der Waals surface area contributed by atoms with Crippen LogP contribution in [0.5, 0.6) is 0 Å². The lowest BCUT2D eigenvalue weighted by Crippen LogP contribution is -2.48. The molecule has 1 aliphatic heterocycles. The Kier molecular flexibility index (Phi) is 9.29. The summed E-state index contributed by atoms with van der Waals surface area (Å²) in [4.78, 5) is 36.5. The summed E-state index contributed by atoms with van der Waals surface area (Å²) in [5.74, 6) is -1.26. The second-order valence-electron chi connectivity index (χ2n) is 8.60. The number of Topliss-reactive ketones (excluding diaryl/α,β-unsaturated/α-hetero) is 1. The largest absolute Gasteiger partial charge is 0.391 e. The molecule has 0 unspecified atom stereocenters. The Balaban J connectivity index is 1.43. The van der Waals surface area contributed by atoms with Crippen LogP contribution in [0.25, 0.3) is 0 Å². The molecule has 2 atom stereocenters. The van der Waals surface area contributed by atoms with Gasteiger partial charge >= 0.3 is 0 Å². The molecule has 1 saturated heterocycles. The molecule has 4 rings (SSSR count). The van der Waals surface area contributed by atoms with Gasteiger partial charge in [0.1, 0.15) is 13.2 Å². The van der Waals surface area contributed by atoms with Crippen molar-refractivity contribution in [2.45, 2.75) is 13.2 Å². The van der Waals surface area contributed by atoms with Crippen molar-refractivity contribution in [2.24, 2.45) is 22.1 Å². The van der Waals surface area contributed by atoms with E-state index in [1.165, 1.54) is 24.6 Å². The Bertz CT molecular complexity index is 1230. The maximum absolute atomic E-state index is 13.2. The van der Waals surface area contributed by atoms with Gasteiger partial charge in [-0.3, -0.25) is 14.9 Å². The number of piperidine rings is 1. The molecule has 0 saturated carbocycles. The zero-order chi connectivity index (χ0) is 26.9.